The number of hydrogen-bond donors (Lipinski definition) is 2. The molecular weight excluding hydrogens is 322 g/mol. The van der Waals surface area contributed by atoms with Crippen molar-refractivity contribution < 1.29 is 19.4 Å². The van der Waals surface area contributed by atoms with Crippen LogP contribution in [0.1, 0.15) is 20.7 Å². The molecule has 0 saturated carbocycles. The SMILES string of the molecule is O=C(O)c1ccc(NC(=O)c2cnc(Oc3ccccc3)nc2)cc1. The molecule has 1 heterocycles. The van der Waals surface area contributed by atoms with E-state index in [0.717, 1.165) is 0 Å². The minimum Gasteiger partial charge on any atom is -0.478 e. The third-order valence-corrected chi connectivity index (χ3v) is 3.23. The monoisotopic (exact) mass is 335 g/mol. The molecule has 2 aromatic carbocycles. The van der Waals surface area contributed by atoms with Gasteiger partial charge in [0.2, 0.25) is 0 Å². The molecular formula is C18H13N3O4. The highest BCUT2D eigenvalue weighted by Gasteiger charge is 2.09. The molecule has 25 heavy (non-hydrogen) atoms. The van der Waals surface area contributed by atoms with Crippen LogP contribution in [0.2, 0.25) is 0 Å². The number of carbonyl (C=O) groups excluding carboxylic acids is 1. The van der Waals surface area contributed by atoms with Crippen molar-refractivity contribution in [2.75, 3.05) is 5.32 Å². The van der Waals surface area contributed by atoms with E-state index in [0.29, 0.717) is 11.4 Å². The molecule has 7 nitrogen and oxygen atoms in total. The molecule has 0 aliphatic heterocycles. The molecule has 7 heteroatoms. The van der Waals surface area contributed by atoms with Crippen molar-refractivity contribution in [2.45, 2.75) is 0 Å². The number of benzene rings is 2. The molecule has 0 fully saturated rings. The van der Waals surface area contributed by atoms with Crippen LogP contribution in [0.3, 0.4) is 0 Å². The van der Waals surface area contributed by atoms with Crippen LogP contribution in [0.25, 0.3) is 0 Å². The van der Waals surface area contributed by atoms with Crippen LogP contribution in [0.5, 0.6) is 11.8 Å². The lowest BCUT2D eigenvalue weighted by molar-refractivity contribution is 0.0696. The quantitative estimate of drug-likeness (QED) is 0.742. The van der Waals surface area contributed by atoms with Crippen LogP contribution in [0.15, 0.2) is 67.0 Å². The number of carbonyl (C=O) groups is 2. The molecule has 1 amide bonds. The first kappa shape index (κ1) is 16.1. The van der Waals surface area contributed by atoms with E-state index in [1.807, 2.05) is 18.2 Å². The fourth-order valence-electron chi connectivity index (χ4n) is 1.98. The lowest BCUT2D eigenvalue weighted by Gasteiger charge is -2.06. The highest BCUT2D eigenvalue weighted by atomic mass is 16.5. The van der Waals surface area contributed by atoms with E-state index >= 15 is 0 Å². The van der Waals surface area contributed by atoms with Crippen LogP contribution in [0.4, 0.5) is 5.69 Å². The van der Waals surface area contributed by atoms with E-state index in [2.05, 4.69) is 15.3 Å². The number of ether oxygens (including phenoxy) is 1. The fraction of sp³-hybridized carbons (Fsp3) is 0. The number of aromatic nitrogens is 2. The summed E-state index contributed by atoms with van der Waals surface area (Å²) in [5.74, 6) is -0.840. The van der Waals surface area contributed by atoms with Crippen molar-refractivity contribution in [1.29, 1.82) is 0 Å². The van der Waals surface area contributed by atoms with Gasteiger partial charge in [0.05, 0.1) is 11.1 Å². The van der Waals surface area contributed by atoms with Crippen LogP contribution in [-0.2, 0) is 0 Å². The Bertz CT molecular complexity index is 878. The van der Waals surface area contributed by atoms with Crippen molar-refractivity contribution in [1.82, 2.24) is 9.97 Å². The summed E-state index contributed by atoms with van der Waals surface area (Å²) in [4.78, 5) is 31.0. The number of hydrogen-bond acceptors (Lipinski definition) is 5. The lowest BCUT2D eigenvalue weighted by Crippen LogP contribution is -2.13. The number of rotatable bonds is 5. The van der Waals surface area contributed by atoms with Gasteiger partial charge in [-0.2, -0.15) is 0 Å². The van der Waals surface area contributed by atoms with Crippen molar-refractivity contribution in [3.63, 3.8) is 0 Å². The van der Waals surface area contributed by atoms with E-state index in [9.17, 15) is 9.59 Å². The number of carboxylic acid groups (broad SMARTS) is 1. The van der Waals surface area contributed by atoms with Crippen molar-refractivity contribution in [3.8, 4) is 11.8 Å². The number of aromatic carboxylic acids is 1. The summed E-state index contributed by atoms with van der Waals surface area (Å²) in [6.45, 7) is 0. The zero-order chi connectivity index (χ0) is 17.6. The second-order valence-corrected chi connectivity index (χ2v) is 5.01. The van der Waals surface area contributed by atoms with E-state index < -0.39 is 11.9 Å². The van der Waals surface area contributed by atoms with Gasteiger partial charge in [0.1, 0.15) is 5.75 Å². The summed E-state index contributed by atoms with van der Waals surface area (Å²) in [6, 6.07) is 15.0. The van der Waals surface area contributed by atoms with Gasteiger partial charge in [-0.25, -0.2) is 14.8 Å². The molecule has 3 aromatic rings. The maximum absolute atomic E-state index is 12.2. The summed E-state index contributed by atoms with van der Waals surface area (Å²) in [6.07, 6.45) is 2.71. The third-order valence-electron chi connectivity index (χ3n) is 3.23. The molecule has 0 bridgehead atoms. The first-order valence-electron chi connectivity index (χ1n) is 7.31. The topological polar surface area (TPSA) is 101 Å². The number of amides is 1. The van der Waals surface area contributed by atoms with E-state index in [1.165, 1.54) is 36.7 Å². The molecule has 1 aromatic heterocycles. The van der Waals surface area contributed by atoms with E-state index in [1.54, 1.807) is 12.1 Å². The Morgan fingerprint density at radius 1 is 0.880 bits per heavy atom. The van der Waals surface area contributed by atoms with Crippen LogP contribution in [0, 0.1) is 0 Å². The van der Waals surface area contributed by atoms with Gasteiger partial charge < -0.3 is 15.2 Å². The third kappa shape index (κ3) is 4.17. The molecule has 0 radical (unpaired) electrons. The van der Waals surface area contributed by atoms with Gasteiger partial charge in [-0.3, -0.25) is 4.79 Å². The Labute approximate surface area is 142 Å². The van der Waals surface area contributed by atoms with E-state index in [4.69, 9.17) is 9.84 Å². The Kier molecular flexibility index (Phi) is 4.66. The van der Waals surface area contributed by atoms with Crippen molar-refractivity contribution >= 4 is 17.6 Å². The largest absolute Gasteiger partial charge is 0.478 e. The first-order chi connectivity index (χ1) is 12.1. The van der Waals surface area contributed by atoms with Gasteiger partial charge in [-0.1, -0.05) is 18.2 Å². The van der Waals surface area contributed by atoms with Crippen LogP contribution in [-0.4, -0.2) is 27.0 Å². The minimum absolute atomic E-state index is 0.133. The Balaban J connectivity index is 1.65. The maximum Gasteiger partial charge on any atom is 0.335 e. The Morgan fingerprint density at radius 2 is 1.52 bits per heavy atom. The lowest BCUT2D eigenvalue weighted by atomic mass is 10.2. The second kappa shape index (κ2) is 7.22. The van der Waals surface area contributed by atoms with Crippen LogP contribution < -0.4 is 10.1 Å². The Hall–Kier alpha value is -3.74. The zero-order valence-electron chi connectivity index (χ0n) is 12.9. The summed E-state index contributed by atoms with van der Waals surface area (Å²) in [5.41, 5.74) is 0.867. The van der Waals surface area contributed by atoms with E-state index in [-0.39, 0.29) is 17.1 Å². The number of nitrogens with zero attached hydrogens (tertiary/aromatic N) is 2. The average Bonchev–Trinajstić information content (AvgIpc) is 2.63. The summed E-state index contributed by atoms with van der Waals surface area (Å²) >= 11 is 0. The minimum atomic E-state index is -1.03. The number of carboxylic acids is 1. The molecule has 0 unspecified atom stereocenters. The van der Waals surface area contributed by atoms with Gasteiger partial charge in [0, 0.05) is 18.1 Å². The van der Waals surface area contributed by atoms with Gasteiger partial charge >= 0.3 is 12.0 Å². The zero-order valence-corrected chi connectivity index (χ0v) is 12.9. The summed E-state index contributed by atoms with van der Waals surface area (Å²) < 4.78 is 5.46. The van der Waals surface area contributed by atoms with Crippen molar-refractivity contribution in [2.24, 2.45) is 0 Å². The fourth-order valence-corrected chi connectivity index (χ4v) is 1.98. The summed E-state index contributed by atoms with van der Waals surface area (Å²) in [5, 5.41) is 11.5. The van der Waals surface area contributed by atoms with Gasteiger partial charge in [0.15, 0.2) is 0 Å². The summed E-state index contributed by atoms with van der Waals surface area (Å²) in [7, 11) is 0. The molecule has 3 rings (SSSR count). The van der Waals surface area contributed by atoms with Gasteiger partial charge in [0.25, 0.3) is 5.91 Å². The molecule has 0 saturated heterocycles. The highest BCUT2D eigenvalue weighted by Crippen LogP contribution is 2.16. The number of para-hydroxylation sites is 1. The Morgan fingerprint density at radius 3 is 2.12 bits per heavy atom. The number of nitrogens with one attached hydrogen (secondary N) is 1. The van der Waals surface area contributed by atoms with Crippen molar-refractivity contribution in [3.05, 3.63) is 78.1 Å². The smallest absolute Gasteiger partial charge is 0.335 e. The van der Waals surface area contributed by atoms with Gasteiger partial charge in [-0.15, -0.1) is 0 Å². The molecule has 0 atom stereocenters. The van der Waals surface area contributed by atoms with Crippen LogP contribution >= 0.6 is 0 Å². The molecule has 0 aliphatic carbocycles. The highest BCUT2D eigenvalue weighted by molar-refractivity contribution is 6.04. The predicted molar refractivity (Wildman–Crippen MR) is 89.9 cm³/mol. The number of anilines is 1. The second-order valence-electron chi connectivity index (χ2n) is 5.01. The average molecular weight is 335 g/mol. The molecule has 0 spiro atoms. The molecule has 0 aliphatic rings. The first-order valence-corrected chi connectivity index (χ1v) is 7.31. The molecule has 2 N–H and O–H groups in total. The van der Waals surface area contributed by atoms with Gasteiger partial charge in [-0.05, 0) is 36.4 Å². The normalized spacial score (nSPS) is 10.1. The maximum atomic E-state index is 12.2. The predicted octanol–water partition coefficient (Wildman–Crippen LogP) is 3.22. The molecule has 124 valence electrons. The standard InChI is InChI=1S/C18H13N3O4/c22-16(21-14-8-6-12(7-9-14)17(23)24)13-10-19-18(20-11-13)25-15-4-2-1-3-5-15/h1-11H,(H,21,22)(H,23,24).